The molecule has 0 fully saturated rings. The molecule has 0 heterocycles. The van der Waals surface area contributed by atoms with Crippen LogP contribution >= 0.6 is 0 Å². The molecule has 3 aromatic carbocycles. The highest BCUT2D eigenvalue weighted by Crippen LogP contribution is 2.25. The van der Waals surface area contributed by atoms with E-state index in [1.807, 2.05) is 45.0 Å². The van der Waals surface area contributed by atoms with Gasteiger partial charge < -0.3 is 15.0 Å². The Kier molecular flexibility index (Phi) is 11.8. The highest BCUT2D eigenvalue weighted by Gasteiger charge is 2.33. The summed E-state index contributed by atoms with van der Waals surface area (Å²) in [5.41, 5.74) is 2.22. The number of anilines is 1. The van der Waals surface area contributed by atoms with Gasteiger partial charge in [0.2, 0.25) is 11.8 Å². The predicted octanol–water partition coefficient (Wildman–Crippen LogP) is 5.18. The zero-order valence-electron chi connectivity index (χ0n) is 24.4. The van der Waals surface area contributed by atoms with Gasteiger partial charge in [-0.05, 0) is 66.8 Å². The molecule has 0 aromatic heterocycles. The molecular weight excluding hydrogens is 538 g/mol. The summed E-state index contributed by atoms with van der Waals surface area (Å²) in [5.74, 6) is -0.0587. The fourth-order valence-electron chi connectivity index (χ4n) is 4.50. The first kappa shape index (κ1) is 31.7. The SMILES string of the molecule is CCCCNC(=O)[C@@H](CC)N(Cc1ccc(OC)cc1)C(=O)CN(c1ccc(CC)cc1)S(=O)(=O)c1ccccc1. The van der Waals surface area contributed by atoms with E-state index in [9.17, 15) is 18.0 Å². The van der Waals surface area contributed by atoms with Crippen LogP contribution in [-0.4, -0.2) is 51.4 Å². The summed E-state index contributed by atoms with van der Waals surface area (Å²) in [6.07, 6.45) is 2.92. The van der Waals surface area contributed by atoms with Crippen LogP contribution in [0.1, 0.15) is 51.2 Å². The molecule has 0 spiro atoms. The zero-order chi connectivity index (χ0) is 29.8. The van der Waals surface area contributed by atoms with Crippen LogP contribution in [0.2, 0.25) is 0 Å². The number of nitrogens with one attached hydrogen (secondary N) is 1. The Bertz CT molecular complexity index is 1360. The first-order valence-corrected chi connectivity index (χ1v) is 15.6. The van der Waals surface area contributed by atoms with E-state index in [1.54, 1.807) is 49.6 Å². The van der Waals surface area contributed by atoms with Crippen LogP contribution in [0, 0.1) is 0 Å². The molecule has 0 aliphatic carbocycles. The van der Waals surface area contributed by atoms with Crippen LogP contribution in [0.15, 0.2) is 83.8 Å². The second kappa shape index (κ2) is 15.2. The van der Waals surface area contributed by atoms with E-state index in [0.717, 1.165) is 34.7 Å². The fraction of sp³-hybridized carbons (Fsp3) is 0.375. The summed E-state index contributed by atoms with van der Waals surface area (Å²) >= 11 is 0. The Morgan fingerprint density at radius 1 is 0.878 bits per heavy atom. The summed E-state index contributed by atoms with van der Waals surface area (Å²) in [6, 6.07) is 21.7. The van der Waals surface area contributed by atoms with Gasteiger partial charge in [0.15, 0.2) is 0 Å². The van der Waals surface area contributed by atoms with Crippen molar-refractivity contribution in [1.29, 1.82) is 0 Å². The predicted molar refractivity (Wildman–Crippen MR) is 162 cm³/mol. The van der Waals surface area contributed by atoms with Gasteiger partial charge in [0.1, 0.15) is 18.3 Å². The molecule has 2 amide bonds. The molecule has 0 unspecified atom stereocenters. The lowest BCUT2D eigenvalue weighted by molar-refractivity contribution is -0.140. The van der Waals surface area contributed by atoms with Crippen molar-refractivity contribution in [3.8, 4) is 5.75 Å². The number of hydrogen-bond acceptors (Lipinski definition) is 5. The normalized spacial score (nSPS) is 11.9. The van der Waals surface area contributed by atoms with E-state index in [1.165, 1.54) is 17.0 Å². The summed E-state index contributed by atoms with van der Waals surface area (Å²) in [4.78, 5) is 28.9. The molecule has 0 saturated heterocycles. The zero-order valence-corrected chi connectivity index (χ0v) is 25.2. The van der Waals surface area contributed by atoms with Crippen LogP contribution < -0.4 is 14.4 Å². The number of hydrogen-bond donors (Lipinski definition) is 1. The van der Waals surface area contributed by atoms with Crippen LogP contribution in [0.3, 0.4) is 0 Å². The molecule has 9 heteroatoms. The average Bonchev–Trinajstić information content (AvgIpc) is 3.00. The third-order valence-electron chi connectivity index (χ3n) is 6.97. The summed E-state index contributed by atoms with van der Waals surface area (Å²) in [5, 5.41) is 2.94. The van der Waals surface area contributed by atoms with Gasteiger partial charge in [-0.25, -0.2) is 8.42 Å². The summed E-state index contributed by atoms with van der Waals surface area (Å²) in [6.45, 7) is 6.09. The largest absolute Gasteiger partial charge is 0.497 e. The van der Waals surface area contributed by atoms with E-state index in [4.69, 9.17) is 4.74 Å². The van der Waals surface area contributed by atoms with Crippen molar-refractivity contribution in [2.45, 2.75) is 63.9 Å². The Labute approximate surface area is 244 Å². The van der Waals surface area contributed by atoms with Crippen molar-refractivity contribution in [3.63, 3.8) is 0 Å². The second-order valence-corrected chi connectivity index (χ2v) is 11.6. The minimum Gasteiger partial charge on any atom is -0.497 e. The molecule has 1 N–H and O–H groups in total. The van der Waals surface area contributed by atoms with Gasteiger partial charge in [0.05, 0.1) is 17.7 Å². The molecule has 220 valence electrons. The van der Waals surface area contributed by atoms with Crippen molar-refractivity contribution in [2.24, 2.45) is 0 Å². The van der Waals surface area contributed by atoms with Gasteiger partial charge in [-0.1, -0.05) is 69.7 Å². The molecule has 0 aliphatic heterocycles. The maximum absolute atomic E-state index is 14.1. The van der Waals surface area contributed by atoms with Crippen LogP contribution in [-0.2, 0) is 32.6 Å². The number of sulfonamides is 1. The van der Waals surface area contributed by atoms with E-state index in [0.29, 0.717) is 24.4 Å². The molecule has 8 nitrogen and oxygen atoms in total. The second-order valence-electron chi connectivity index (χ2n) is 9.78. The third kappa shape index (κ3) is 8.33. The van der Waals surface area contributed by atoms with Crippen molar-refractivity contribution in [2.75, 3.05) is 24.5 Å². The molecular formula is C32H41N3O5S. The number of unbranched alkanes of at least 4 members (excludes halogenated alkanes) is 1. The Hall–Kier alpha value is -3.85. The van der Waals surface area contributed by atoms with Gasteiger partial charge >= 0.3 is 0 Å². The highest BCUT2D eigenvalue weighted by molar-refractivity contribution is 7.92. The summed E-state index contributed by atoms with van der Waals surface area (Å²) < 4.78 is 34.2. The lowest BCUT2D eigenvalue weighted by atomic mass is 10.1. The van der Waals surface area contributed by atoms with E-state index < -0.39 is 28.5 Å². The Morgan fingerprint density at radius 3 is 2.07 bits per heavy atom. The summed E-state index contributed by atoms with van der Waals surface area (Å²) in [7, 11) is -2.51. The lowest BCUT2D eigenvalue weighted by Crippen LogP contribution is -2.52. The molecule has 1 atom stereocenters. The van der Waals surface area contributed by atoms with Gasteiger partial charge in [0, 0.05) is 13.1 Å². The van der Waals surface area contributed by atoms with Crippen molar-refractivity contribution in [3.05, 3.63) is 90.0 Å². The monoisotopic (exact) mass is 579 g/mol. The van der Waals surface area contributed by atoms with E-state index in [-0.39, 0.29) is 17.3 Å². The number of amides is 2. The topological polar surface area (TPSA) is 96.0 Å². The minimum absolute atomic E-state index is 0.0819. The van der Waals surface area contributed by atoms with Gasteiger partial charge in [-0.15, -0.1) is 0 Å². The highest BCUT2D eigenvalue weighted by atomic mass is 32.2. The van der Waals surface area contributed by atoms with E-state index >= 15 is 0 Å². The van der Waals surface area contributed by atoms with Gasteiger partial charge in [0.25, 0.3) is 10.0 Å². The minimum atomic E-state index is -4.09. The molecule has 0 aliphatic rings. The Balaban J connectivity index is 2.02. The molecule has 41 heavy (non-hydrogen) atoms. The fourth-order valence-corrected chi connectivity index (χ4v) is 5.93. The van der Waals surface area contributed by atoms with Crippen LogP contribution in [0.25, 0.3) is 0 Å². The smallest absolute Gasteiger partial charge is 0.264 e. The molecule has 3 aromatic rings. The lowest BCUT2D eigenvalue weighted by Gasteiger charge is -2.33. The molecule has 0 radical (unpaired) electrons. The number of carbonyl (C=O) groups excluding carboxylic acids is 2. The van der Waals surface area contributed by atoms with E-state index in [2.05, 4.69) is 5.32 Å². The number of nitrogens with zero attached hydrogens (tertiary/aromatic N) is 2. The maximum atomic E-state index is 14.1. The third-order valence-corrected chi connectivity index (χ3v) is 8.76. The first-order chi connectivity index (χ1) is 19.7. The van der Waals surface area contributed by atoms with Crippen LogP contribution in [0.5, 0.6) is 5.75 Å². The molecule has 0 bridgehead atoms. The average molecular weight is 580 g/mol. The standard InChI is InChI=1S/C32H41N3O5S/c1-5-8-22-33-32(37)30(7-3)34(23-26-16-20-28(40-4)21-17-26)31(36)24-35(27-18-14-25(6-2)15-19-27)41(38,39)29-12-10-9-11-13-29/h9-21,30H,5-8,22-24H2,1-4H3,(H,33,37)/t30-/m1/s1. The van der Waals surface area contributed by atoms with Gasteiger partial charge in [-0.2, -0.15) is 0 Å². The van der Waals surface area contributed by atoms with Crippen molar-refractivity contribution >= 4 is 27.5 Å². The first-order valence-electron chi connectivity index (χ1n) is 14.1. The molecule has 0 saturated carbocycles. The number of methoxy groups -OCH3 is 1. The van der Waals surface area contributed by atoms with Crippen molar-refractivity contribution in [1.82, 2.24) is 10.2 Å². The van der Waals surface area contributed by atoms with Crippen molar-refractivity contribution < 1.29 is 22.7 Å². The van der Waals surface area contributed by atoms with Gasteiger partial charge in [-0.3, -0.25) is 13.9 Å². The molecule has 3 rings (SSSR count). The number of benzene rings is 3. The number of rotatable bonds is 15. The number of carbonyl (C=O) groups is 2. The number of ether oxygens (including phenoxy) is 1. The maximum Gasteiger partial charge on any atom is 0.264 e. The van der Waals surface area contributed by atoms with Crippen LogP contribution in [0.4, 0.5) is 5.69 Å². The number of aryl methyl sites for hydroxylation is 1. The quantitative estimate of drug-likeness (QED) is 0.251. The Morgan fingerprint density at radius 2 is 1.51 bits per heavy atom.